The van der Waals surface area contributed by atoms with Crippen molar-refractivity contribution in [3.8, 4) is 5.75 Å². The lowest BCUT2D eigenvalue weighted by atomic mass is 10.0. The minimum Gasteiger partial charge on any atom is -0.497 e. The van der Waals surface area contributed by atoms with Gasteiger partial charge in [-0.1, -0.05) is 23.7 Å². The van der Waals surface area contributed by atoms with Gasteiger partial charge in [-0.25, -0.2) is 18.4 Å². The first kappa shape index (κ1) is 25.8. The molecule has 1 aliphatic heterocycles. The Morgan fingerprint density at radius 1 is 1.06 bits per heavy atom. The summed E-state index contributed by atoms with van der Waals surface area (Å²) in [5, 5.41) is 11.1. The fraction of sp³-hybridized carbons (Fsp3) is 0.333. The zero-order valence-corrected chi connectivity index (χ0v) is 21.7. The highest BCUT2D eigenvalue weighted by molar-refractivity contribution is 7.89. The van der Waals surface area contributed by atoms with Crippen LogP contribution in [-0.4, -0.2) is 60.9 Å². The molecule has 0 radical (unpaired) electrons. The SMILES string of the molecule is COc1ccc(Cc2c(C)nc(C)nc2N2CCN(S(=O)(=O)c3ccc(Cl)c([N+](=O)[O-])c3)CC2)cc1. The maximum Gasteiger partial charge on any atom is 0.289 e. The quantitative estimate of drug-likeness (QED) is 0.334. The summed E-state index contributed by atoms with van der Waals surface area (Å²) in [6.45, 7) is 5.04. The number of aromatic nitrogens is 2. The van der Waals surface area contributed by atoms with Crippen molar-refractivity contribution in [3.63, 3.8) is 0 Å². The van der Waals surface area contributed by atoms with Crippen molar-refractivity contribution in [2.45, 2.75) is 25.2 Å². The second-order valence-corrected chi connectivity index (χ2v) is 10.8. The molecule has 0 amide bonds. The summed E-state index contributed by atoms with van der Waals surface area (Å²) in [7, 11) is -2.30. The van der Waals surface area contributed by atoms with Crippen LogP contribution < -0.4 is 9.64 Å². The van der Waals surface area contributed by atoms with Crippen LogP contribution in [0.5, 0.6) is 5.75 Å². The highest BCUT2D eigenvalue weighted by Crippen LogP contribution is 2.30. The number of piperazine rings is 1. The van der Waals surface area contributed by atoms with E-state index in [1.54, 1.807) is 7.11 Å². The predicted molar refractivity (Wildman–Crippen MR) is 136 cm³/mol. The lowest BCUT2D eigenvalue weighted by Crippen LogP contribution is -2.49. The van der Waals surface area contributed by atoms with Crippen molar-refractivity contribution in [1.82, 2.24) is 14.3 Å². The van der Waals surface area contributed by atoms with Crippen LogP contribution >= 0.6 is 11.6 Å². The maximum atomic E-state index is 13.2. The van der Waals surface area contributed by atoms with Gasteiger partial charge in [0.1, 0.15) is 22.4 Å². The number of anilines is 1. The fourth-order valence-electron chi connectivity index (χ4n) is 4.22. The third-order valence-corrected chi connectivity index (χ3v) is 8.35. The molecule has 190 valence electrons. The molecule has 0 bridgehead atoms. The van der Waals surface area contributed by atoms with Gasteiger partial charge in [-0.3, -0.25) is 10.1 Å². The maximum absolute atomic E-state index is 13.2. The molecule has 1 aliphatic rings. The zero-order valence-electron chi connectivity index (χ0n) is 20.1. The Morgan fingerprint density at radius 2 is 1.72 bits per heavy atom. The highest BCUT2D eigenvalue weighted by Gasteiger charge is 2.31. The number of methoxy groups -OCH3 is 1. The lowest BCUT2D eigenvalue weighted by molar-refractivity contribution is -0.384. The van der Waals surface area contributed by atoms with Crippen molar-refractivity contribution in [3.05, 3.63) is 80.2 Å². The van der Waals surface area contributed by atoms with Crippen LogP contribution in [-0.2, 0) is 16.4 Å². The normalized spacial score (nSPS) is 14.6. The van der Waals surface area contributed by atoms with Crippen LogP contribution in [0.25, 0.3) is 0 Å². The molecule has 1 saturated heterocycles. The summed E-state index contributed by atoms with van der Waals surface area (Å²) >= 11 is 5.85. The van der Waals surface area contributed by atoms with E-state index in [0.717, 1.165) is 34.5 Å². The number of nitro benzene ring substituents is 1. The van der Waals surface area contributed by atoms with E-state index in [9.17, 15) is 18.5 Å². The van der Waals surface area contributed by atoms with Gasteiger partial charge in [0.25, 0.3) is 5.69 Å². The van der Waals surface area contributed by atoms with E-state index in [-0.39, 0.29) is 23.0 Å². The van der Waals surface area contributed by atoms with E-state index in [0.29, 0.717) is 25.3 Å². The van der Waals surface area contributed by atoms with Gasteiger partial charge in [0.05, 0.1) is 16.9 Å². The predicted octanol–water partition coefficient (Wildman–Crippen LogP) is 3.77. The Hall–Kier alpha value is -3.28. The standard InChI is InChI=1S/C24H26ClN5O5S/c1-16-21(14-18-4-6-19(35-3)7-5-18)24(27-17(2)26-16)28-10-12-29(13-11-28)36(33,34)20-8-9-22(25)23(15-20)30(31)32/h4-9,15H,10-14H2,1-3H3. The smallest absolute Gasteiger partial charge is 0.289 e. The van der Waals surface area contributed by atoms with Gasteiger partial charge in [0.2, 0.25) is 10.0 Å². The molecular weight excluding hydrogens is 506 g/mol. The second kappa shape index (κ2) is 10.4. The third-order valence-electron chi connectivity index (χ3n) is 6.13. The molecule has 2 aromatic carbocycles. The van der Waals surface area contributed by atoms with Crippen LogP contribution in [0, 0.1) is 24.0 Å². The minimum atomic E-state index is -3.92. The molecule has 4 rings (SSSR count). The van der Waals surface area contributed by atoms with Crippen molar-refractivity contribution in [1.29, 1.82) is 0 Å². The summed E-state index contributed by atoms with van der Waals surface area (Å²) in [4.78, 5) is 21.7. The molecule has 0 atom stereocenters. The number of hydrogen-bond acceptors (Lipinski definition) is 8. The van der Waals surface area contributed by atoms with Gasteiger partial charge < -0.3 is 9.64 Å². The third kappa shape index (κ3) is 5.28. The number of aryl methyl sites for hydroxylation is 2. The zero-order chi connectivity index (χ0) is 26.0. The molecule has 1 aromatic heterocycles. The van der Waals surface area contributed by atoms with Crippen LogP contribution in [0.2, 0.25) is 5.02 Å². The number of sulfonamides is 1. The van der Waals surface area contributed by atoms with Gasteiger partial charge in [-0.2, -0.15) is 4.31 Å². The Balaban J connectivity index is 1.55. The fourth-order valence-corrected chi connectivity index (χ4v) is 5.85. The summed E-state index contributed by atoms with van der Waals surface area (Å²) in [6, 6.07) is 11.3. The molecule has 12 heteroatoms. The number of nitro groups is 1. The molecular formula is C24H26ClN5O5S. The van der Waals surface area contributed by atoms with E-state index in [1.165, 1.54) is 16.4 Å². The molecule has 3 aromatic rings. The molecule has 0 aliphatic carbocycles. The van der Waals surface area contributed by atoms with Crippen molar-refractivity contribution in [2.75, 3.05) is 38.2 Å². The molecule has 0 unspecified atom stereocenters. The molecule has 2 heterocycles. The first-order valence-electron chi connectivity index (χ1n) is 11.3. The molecule has 0 N–H and O–H groups in total. The number of ether oxygens (including phenoxy) is 1. The van der Waals surface area contributed by atoms with Gasteiger partial charge >= 0.3 is 0 Å². The Bertz CT molecular complexity index is 1390. The van der Waals surface area contributed by atoms with Crippen molar-refractivity contribution < 1.29 is 18.1 Å². The number of halogens is 1. The van der Waals surface area contributed by atoms with Crippen LogP contribution in [0.15, 0.2) is 47.4 Å². The summed E-state index contributed by atoms with van der Waals surface area (Å²) in [5.41, 5.74) is 2.50. The highest BCUT2D eigenvalue weighted by atomic mass is 35.5. The van der Waals surface area contributed by atoms with Gasteiger partial charge in [-0.15, -0.1) is 0 Å². The number of nitrogens with zero attached hydrogens (tertiary/aromatic N) is 5. The van der Waals surface area contributed by atoms with Gasteiger partial charge in [0.15, 0.2) is 0 Å². The van der Waals surface area contributed by atoms with E-state index in [4.69, 9.17) is 21.3 Å². The minimum absolute atomic E-state index is 0.109. The largest absolute Gasteiger partial charge is 0.497 e. The average molecular weight is 532 g/mol. The summed E-state index contributed by atoms with van der Waals surface area (Å²) in [5.74, 6) is 2.21. The van der Waals surface area contributed by atoms with E-state index < -0.39 is 20.6 Å². The van der Waals surface area contributed by atoms with Gasteiger partial charge in [0, 0.05) is 49.9 Å². The molecule has 0 spiro atoms. The lowest BCUT2D eigenvalue weighted by Gasteiger charge is -2.35. The topological polar surface area (TPSA) is 119 Å². The molecule has 36 heavy (non-hydrogen) atoms. The molecule has 0 saturated carbocycles. The Kier molecular flexibility index (Phi) is 7.43. The van der Waals surface area contributed by atoms with Crippen molar-refractivity contribution in [2.24, 2.45) is 0 Å². The van der Waals surface area contributed by atoms with Crippen LogP contribution in [0.4, 0.5) is 11.5 Å². The van der Waals surface area contributed by atoms with E-state index in [1.807, 2.05) is 38.1 Å². The number of rotatable bonds is 7. The first-order valence-corrected chi connectivity index (χ1v) is 13.1. The monoisotopic (exact) mass is 531 g/mol. The number of benzene rings is 2. The molecule has 1 fully saturated rings. The summed E-state index contributed by atoms with van der Waals surface area (Å²) < 4.78 is 33.0. The molecule has 10 nitrogen and oxygen atoms in total. The Morgan fingerprint density at radius 3 is 2.33 bits per heavy atom. The Labute approximate surface area is 214 Å². The summed E-state index contributed by atoms with van der Waals surface area (Å²) in [6.07, 6.45) is 0.623. The van der Waals surface area contributed by atoms with E-state index in [2.05, 4.69) is 9.88 Å². The van der Waals surface area contributed by atoms with Gasteiger partial charge in [-0.05, 0) is 43.7 Å². The van der Waals surface area contributed by atoms with E-state index >= 15 is 0 Å². The second-order valence-electron chi connectivity index (χ2n) is 8.44. The average Bonchev–Trinajstić information content (AvgIpc) is 2.86. The van der Waals surface area contributed by atoms with Crippen LogP contribution in [0.3, 0.4) is 0 Å². The van der Waals surface area contributed by atoms with Crippen molar-refractivity contribution >= 4 is 33.1 Å². The first-order chi connectivity index (χ1) is 17.1. The number of hydrogen-bond donors (Lipinski definition) is 0. The van der Waals surface area contributed by atoms with Crippen LogP contribution in [0.1, 0.15) is 22.6 Å².